The Hall–Kier alpha value is -1.58. The molecule has 2 aromatic carbocycles. The van der Waals surface area contributed by atoms with Crippen LogP contribution in [0.5, 0.6) is 0 Å². The Balaban J connectivity index is 2.32. The van der Waals surface area contributed by atoms with E-state index < -0.39 is 0 Å². The Morgan fingerprint density at radius 2 is 2.00 bits per heavy atom. The molecule has 0 aliphatic carbocycles. The average molecular weight is 323 g/mol. The first-order chi connectivity index (χ1) is 10.1. The van der Waals surface area contributed by atoms with Gasteiger partial charge in [-0.1, -0.05) is 17.7 Å². The van der Waals surface area contributed by atoms with Gasteiger partial charge < -0.3 is 0 Å². The number of fused-ring (bicyclic) bond motifs is 1. The Kier molecular flexibility index (Phi) is 3.87. The number of hydrogen-bond donors (Lipinski definition) is 0. The number of rotatable bonds is 3. The molecule has 0 saturated heterocycles. The maximum Gasteiger partial charge on any atom is 0.147 e. The summed E-state index contributed by atoms with van der Waals surface area (Å²) >= 11 is 11.9. The summed E-state index contributed by atoms with van der Waals surface area (Å²) in [4.78, 5) is 4.54. The van der Waals surface area contributed by atoms with Crippen molar-refractivity contribution in [1.82, 2.24) is 9.55 Å². The van der Waals surface area contributed by atoms with Crippen LogP contribution in [0.15, 0.2) is 36.4 Å². The van der Waals surface area contributed by atoms with E-state index in [0.717, 1.165) is 22.4 Å². The van der Waals surface area contributed by atoms with E-state index in [1.54, 1.807) is 22.8 Å². The van der Waals surface area contributed by atoms with Gasteiger partial charge in [-0.2, -0.15) is 0 Å². The summed E-state index contributed by atoms with van der Waals surface area (Å²) in [5.74, 6) is 0.861. The molecule has 21 heavy (non-hydrogen) atoms. The highest BCUT2D eigenvalue weighted by Gasteiger charge is 2.15. The lowest BCUT2D eigenvalue weighted by molar-refractivity contribution is 0.616. The number of aryl methyl sites for hydroxylation is 2. The minimum atomic E-state index is -0.287. The number of nitrogens with zero attached hydrogens (tertiary/aromatic N) is 2. The van der Waals surface area contributed by atoms with Gasteiger partial charge in [-0.3, -0.25) is 4.57 Å². The summed E-state index contributed by atoms with van der Waals surface area (Å²) in [6.45, 7) is 1.86. The summed E-state index contributed by atoms with van der Waals surface area (Å²) in [5.41, 5.74) is 2.90. The minimum absolute atomic E-state index is 0.287. The number of aromatic nitrogens is 2. The highest BCUT2D eigenvalue weighted by Crippen LogP contribution is 2.26. The zero-order valence-corrected chi connectivity index (χ0v) is 12.9. The summed E-state index contributed by atoms with van der Waals surface area (Å²) in [6, 6.07) is 10.5. The number of benzene rings is 2. The van der Waals surface area contributed by atoms with Crippen LogP contribution >= 0.6 is 23.2 Å². The van der Waals surface area contributed by atoms with E-state index in [1.807, 2.05) is 19.1 Å². The van der Waals surface area contributed by atoms with E-state index in [1.165, 1.54) is 6.07 Å². The average Bonchev–Trinajstić information content (AvgIpc) is 2.77. The number of hydrogen-bond acceptors (Lipinski definition) is 1. The van der Waals surface area contributed by atoms with Gasteiger partial charge in [0.1, 0.15) is 11.6 Å². The smallest absolute Gasteiger partial charge is 0.147 e. The second-order valence-electron chi connectivity index (χ2n) is 4.89. The number of alkyl halides is 1. The van der Waals surface area contributed by atoms with Crippen LogP contribution in [-0.4, -0.2) is 15.4 Å². The van der Waals surface area contributed by atoms with Gasteiger partial charge in [-0.25, -0.2) is 9.37 Å². The Morgan fingerprint density at radius 3 is 2.71 bits per heavy atom. The summed E-state index contributed by atoms with van der Waals surface area (Å²) in [5, 5.41) is 0.591. The molecular formula is C16H13Cl2FN2. The molecule has 0 amide bonds. The fraction of sp³-hybridized carbons (Fsp3) is 0.188. The summed E-state index contributed by atoms with van der Waals surface area (Å²) < 4.78 is 16.1. The first-order valence-electron chi connectivity index (χ1n) is 6.59. The van der Waals surface area contributed by atoms with Gasteiger partial charge in [0.15, 0.2) is 0 Å². The third-order valence-corrected chi connectivity index (χ3v) is 3.77. The SMILES string of the molecule is Cc1ccc(-n2c(CCCl)nc3ccc(Cl)cc32)c(F)c1. The third-order valence-electron chi connectivity index (χ3n) is 3.35. The zero-order chi connectivity index (χ0) is 15.0. The molecule has 0 aliphatic heterocycles. The fourth-order valence-corrected chi connectivity index (χ4v) is 2.75. The number of imidazole rings is 1. The van der Waals surface area contributed by atoms with Crippen LogP contribution in [0.4, 0.5) is 4.39 Å². The molecule has 3 rings (SSSR count). The molecule has 0 saturated carbocycles. The van der Waals surface area contributed by atoms with Crippen LogP contribution in [-0.2, 0) is 6.42 Å². The van der Waals surface area contributed by atoms with E-state index in [4.69, 9.17) is 23.2 Å². The molecular weight excluding hydrogens is 310 g/mol. The van der Waals surface area contributed by atoms with Crippen molar-refractivity contribution >= 4 is 34.2 Å². The van der Waals surface area contributed by atoms with Crippen LogP contribution in [0.1, 0.15) is 11.4 Å². The molecule has 1 heterocycles. The maximum atomic E-state index is 14.3. The van der Waals surface area contributed by atoms with Crippen molar-refractivity contribution in [1.29, 1.82) is 0 Å². The van der Waals surface area contributed by atoms with Gasteiger partial charge in [0.05, 0.1) is 16.7 Å². The number of halogens is 3. The molecule has 3 aromatic rings. The van der Waals surface area contributed by atoms with Gasteiger partial charge in [0, 0.05) is 17.3 Å². The molecule has 0 bridgehead atoms. The van der Waals surface area contributed by atoms with Gasteiger partial charge in [-0.05, 0) is 42.8 Å². The lowest BCUT2D eigenvalue weighted by Crippen LogP contribution is -2.04. The summed E-state index contributed by atoms with van der Waals surface area (Å²) in [7, 11) is 0. The summed E-state index contributed by atoms with van der Waals surface area (Å²) in [6.07, 6.45) is 0.557. The molecule has 0 spiro atoms. The van der Waals surface area contributed by atoms with E-state index in [0.29, 0.717) is 23.0 Å². The van der Waals surface area contributed by atoms with Gasteiger partial charge in [-0.15, -0.1) is 11.6 Å². The molecule has 0 radical (unpaired) electrons. The highest BCUT2D eigenvalue weighted by molar-refractivity contribution is 6.31. The van der Waals surface area contributed by atoms with Crippen molar-refractivity contribution in [3.05, 3.63) is 58.6 Å². The molecule has 0 aliphatic rings. The third kappa shape index (κ3) is 2.63. The quantitative estimate of drug-likeness (QED) is 0.626. The monoisotopic (exact) mass is 322 g/mol. The van der Waals surface area contributed by atoms with Crippen molar-refractivity contribution in [3.63, 3.8) is 0 Å². The van der Waals surface area contributed by atoms with E-state index >= 15 is 0 Å². The highest BCUT2D eigenvalue weighted by atomic mass is 35.5. The molecule has 0 fully saturated rings. The largest absolute Gasteiger partial charge is 0.293 e. The Morgan fingerprint density at radius 1 is 1.19 bits per heavy atom. The van der Waals surface area contributed by atoms with Crippen molar-refractivity contribution in [3.8, 4) is 5.69 Å². The lowest BCUT2D eigenvalue weighted by Gasteiger charge is -2.10. The topological polar surface area (TPSA) is 17.8 Å². The van der Waals surface area contributed by atoms with Gasteiger partial charge in [0.2, 0.25) is 0 Å². The predicted octanol–water partition coefficient (Wildman–Crippen LogP) is 4.91. The van der Waals surface area contributed by atoms with Crippen molar-refractivity contribution < 1.29 is 4.39 Å². The second-order valence-corrected chi connectivity index (χ2v) is 5.70. The van der Waals surface area contributed by atoms with Crippen LogP contribution in [0, 0.1) is 12.7 Å². The van der Waals surface area contributed by atoms with Crippen molar-refractivity contribution in [2.45, 2.75) is 13.3 Å². The lowest BCUT2D eigenvalue weighted by atomic mass is 10.2. The molecule has 0 atom stereocenters. The van der Waals surface area contributed by atoms with Crippen LogP contribution in [0.25, 0.3) is 16.7 Å². The second kappa shape index (κ2) is 5.66. The standard InChI is InChI=1S/C16H13Cl2FN2/c1-10-2-5-14(12(19)8-10)21-15-9-11(18)3-4-13(15)20-16(21)6-7-17/h2-5,8-9H,6-7H2,1H3. The minimum Gasteiger partial charge on any atom is -0.293 e. The molecule has 0 N–H and O–H groups in total. The fourth-order valence-electron chi connectivity index (χ4n) is 2.41. The van der Waals surface area contributed by atoms with Crippen LogP contribution < -0.4 is 0 Å². The van der Waals surface area contributed by atoms with Gasteiger partial charge in [0.25, 0.3) is 0 Å². The molecule has 2 nitrogen and oxygen atoms in total. The zero-order valence-electron chi connectivity index (χ0n) is 11.4. The van der Waals surface area contributed by atoms with E-state index in [2.05, 4.69) is 4.98 Å². The molecule has 0 unspecified atom stereocenters. The Labute approximate surface area is 132 Å². The molecule has 5 heteroatoms. The van der Waals surface area contributed by atoms with E-state index in [9.17, 15) is 4.39 Å². The van der Waals surface area contributed by atoms with Crippen LogP contribution in [0.2, 0.25) is 5.02 Å². The molecule has 108 valence electrons. The Bertz CT molecular complexity index is 811. The normalized spacial score (nSPS) is 11.2. The maximum absolute atomic E-state index is 14.3. The first-order valence-corrected chi connectivity index (χ1v) is 7.51. The van der Waals surface area contributed by atoms with Crippen molar-refractivity contribution in [2.75, 3.05) is 5.88 Å². The van der Waals surface area contributed by atoms with Crippen molar-refractivity contribution in [2.24, 2.45) is 0 Å². The van der Waals surface area contributed by atoms with Crippen LogP contribution in [0.3, 0.4) is 0 Å². The van der Waals surface area contributed by atoms with Gasteiger partial charge >= 0.3 is 0 Å². The molecule has 1 aromatic heterocycles. The first kappa shape index (κ1) is 14.4. The predicted molar refractivity (Wildman–Crippen MR) is 85.2 cm³/mol. The van der Waals surface area contributed by atoms with E-state index in [-0.39, 0.29) is 5.82 Å².